The molecule has 0 aliphatic heterocycles. The van der Waals surface area contributed by atoms with Crippen molar-refractivity contribution in [3.63, 3.8) is 0 Å². The van der Waals surface area contributed by atoms with Crippen LogP contribution in [0.1, 0.15) is 0 Å². The molecule has 0 aromatic carbocycles. The van der Waals surface area contributed by atoms with E-state index in [2.05, 4.69) is 16.5 Å². The Labute approximate surface area is 60.2 Å². The van der Waals surface area contributed by atoms with Gasteiger partial charge >= 0.3 is 13.6 Å². The molecule has 0 aliphatic carbocycles. The highest BCUT2D eigenvalue weighted by Crippen LogP contribution is 1.82. The Morgan fingerprint density at radius 3 is 2.90 bits per heavy atom. The predicted molar refractivity (Wildman–Crippen MR) is 37.5 cm³/mol. The van der Waals surface area contributed by atoms with Crippen LogP contribution >= 0.6 is 0 Å². The molecule has 55 valence electrons. The third kappa shape index (κ3) is 3.27. The summed E-state index contributed by atoms with van der Waals surface area (Å²) in [5.41, 5.74) is 0. The normalized spacial score (nSPS) is 12.1. The van der Waals surface area contributed by atoms with Crippen molar-refractivity contribution in [2.75, 3.05) is 7.11 Å². The lowest BCUT2D eigenvalue weighted by Gasteiger charge is -2.05. The minimum absolute atomic E-state index is 0.778. The molecule has 4 nitrogen and oxygen atoms in total. The average Bonchev–Trinajstić information content (AvgIpc) is 1.89. The lowest BCUT2D eigenvalue weighted by molar-refractivity contribution is -0.137. The zero-order valence-corrected chi connectivity index (χ0v) is 5.70. The Balaban J connectivity index is 3.60. The topological polar surface area (TPSA) is 58.6 Å². The number of carboxylic acid groups (broad SMARTS) is 1. The molecule has 1 radical (unpaired) electrons. The van der Waals surface area contributed by atoms with Crippen LogP contribution in [0.5, 0.6) is 0 Å². The van der Waals surface area contributed by atoms with E-state index in [1.165, 1.54) is 20.8 Å². The van der Waals surface area contributed by atoms with E-state index in [0.717, 1.165) is 0 Å². The van der Waals surface area contributed by atoms with Crippen LogP contribution in [0.25, 0.3) is 0 Å². The quantitative estimate of drug-likeness (QED) is 0.397. The number of hydrogen-bond donors (Lipinski definition) is 2. The molecule has 0 bridgehead atoms. The molecule has 0 aromatic heterocycles. The van der Waals surface area contributed by atoms with Gasteiger partial charge in [0.25, 0.3) is 0 Å². The van der Waals surface area contributed by atoms with Crippen LogP contribution in [0.2, 0.25) is 0 Å². The maximum atomic E-state index is 10.2. The molecule has 0 amide bonds. The fraction of sp³-hybridized carbons (Fsp3) is 0.400. The number of nitrogens with one attached hydrogen (secondary N) is 1. The van der Waals surface area contributed by atoms with Crippen molar-refractivity contribution in [2.45, 2.75) is 6.04 Å². The van der Waals surface area contributed by atoms with Crippen molar-refractivity contribution < 1.29 is 14.6 Å². The molecule has 1 atom stereocenters. The summed E-state index contributed by atoms with van der Waals surface area (Å²) < 4.78 is 4.48. The number of carbonyl (C=O) groups is 1. The first kappa shape index (κ1) is 9.19. The van der Waals surface area contributed by atoms with E-state index in [1.807, 2.05) is 0 Å². The summed E-state index contributed by atoms with van der Waals surface area (Å²) in [4.78, 5) is 10.2. The van der Waals surface area contributed by atoms with Gasteiger partial charge in [0.1, 0.15) is 6.04 Å². The number of carboxylic acids is 1. The molecule has 1 unspecified atom stereocenters. The molecule has 0 saturated heterocycles. The lowest BCUT2D eigenvalue weighted by atomic mass is 10.2. The molecule has 0 heterocycles. The number of rotatable bonds is 5. The highest BCUT2D eigenvalue weighted by atomic mass is 16.4. The van der Waals surface area contributed by atoms with Crippen molar-refractivity contribution >= 4 is 13.6 Å². The predicted octanol–water partition coefficient (Wildman–Crippen LogP) is -0.604. The molecule has 0 saturated carbocycles. The van der Waals surface area contributed by atoms with Crippen LogP contribution < -0.4 is 5.23 Å². The van der Waals surface area contributed by atoms with Crippen LogP contribution in [0.3, 0.4) is 0 Å². The molecule has 10 heavy (non-hydrogen) atoms. The second kappa shape index (κ2) is 5.02. The fourth-order valence-electron chi connectivity index (χ4n) is 0.381. The molecule has 0 aliphatic rings. The van der Waals surface area contributed by atoms with Gasteiger partial charge in [0, 0.05) is 7.11 Å². The van der Waals surface area contributed by atoms with Gasteiger partial charge in [-0.1, -0.05) is 6.08 Å². The van der Waals surface area contributed by atoms with E-state index in [1.54, 1.807) is 0 Å². The van der Waals surface area contributed by atoms with Gasteiger partial charge in [-0.25, -0.2) is 0 Å². The Morgan fingerprint density at radius 2 is 2.60 bits per heavy atom. The largest absolute Gasteiger partial charge is 0.480 e. The fourth-order valence-corrected chi connectivity index (χ4v) is 0.381. The van der Waals surface area contributed by atoms with Gasteiger partial charge in [-0.2, -0.15) is 0 Å². The first-order valence-corrected chi connectivity index (χ1v) is 2.68. The van der Waals surface area contributed by atoms with E-state index in [-0.39, 0.29) is 0 Å². The van der Waals surface area contributed by atoms with E-state index in [0.29, 0.717) is 0 Å². The van der Waals surface area contributed by atoms with Crippen LogP contribution in [0.15, 0.2) is 12.7 Å². The van der Waals surface area contributed by atoms with Crippen molar-refractivity contribution in [3.8, 4) is 0 Å². The third-order valence-corrected chi connectivity index (χ3v) is 0.867. The summed E-state index contributed by atoms with van der Waals surface area (Å²) in [5, 5.41) is 10.8. The highest BCUT2D eigenvalue weighted by molar-refractivity contribution is 6.24. The van der Waals surface area contributed by atoms with Gasteiger partial charge in [0.05, 0.1) is 0 Å². The van der Waals surface area contributed by atoms with E-state index in [9.17, 15) is 4.79 Å². The van der Waals surface area contributed by atoms with Crippen LogP contribution in [0.4, 0.5) is 0 Å². The van der Waals surface area contributed by atoms with E-state index in [4.69, 9.17) is 5.11 Å². The van der Waals surface area contributed by atoms with E-state index < -0.39 is 12.0 Å². The molecule has 0 rings (SSSR count). The zero-order chi connectivity index (χ0) is 7.98. The van der Waals surface area contributed by atoms with E-state index >= 15 is 0 Å². The summed E-state index contributed by atoms with van der Waals surface area (Å²) >= 11 is 0. The van der Waals surface area contributed by atoms with Gasteiger partial charge in [0.15, 0.2) is 0 Å². The van der Waals surface area contributed by atoms with Crippen molar-refractivity contribution in [1.29, 1.82) is 0 Å². The van der Waals surface area contributed by atoms with Gasteiger partial charge in [-0.15, -0.1) is 6.58 Å². The van der Waals surface area contributed by atoms with Gasteiger partial charge in [0.2, 0.25) is 0 Å². The third-order valence-electron chi connectivity index (χ3n) is 0.867. The lowest BCUT2D eigenvalue weighted by Crippen LogP contribution is -2.37. The number of hydrogen-bond acceptors (Lipinski definition) is 3. The van der Waals surface area contributed by atoms with Crippen LogP contribution in [0, 0.1) is 0 Å². The molecule has 0 fully saturated rings. The average molecular weight is 142 g/mol. The maximum Gasteiger partial charge on any atom is 0.396 e. The molecule has 2 N–H and O–H groups in total. The summed E-state index contributed by atoms with van der Waals surface area (Å²) in [6.07, 6.45) is 1.28. The zero-order valence-electron chi connectivity index (χ0n) is 5.70. The first-order valence-electron chi connectivity index (χ1n) is 2.68. The Bertz CT molecular complexity index is 128. The second-order valence-electron chi connectivity index (χ2n) is 1.57. The smallest absolute Gasteiger partial charge is 0.396 e. The molecule has 5 heteroatoms. The molecular weight excluding hydrogens is 133 g/mol. The van der Waals surface area contributed by atoms with Crippen molar-refractivity contribution in [2.24, 2.45) is 0 Å². The minimum atomic E-state index is -0.983. The minimum Gasteiger partial charge on any atom is -0.480 e. The summed E-state index contributed by atoms with van der Waals surface area (Å²) in [6, 6.07) is -0.778. The Kier molecular flexibility index (Phi) is 4.61. The Hall–Kier alpha value is -0.805. The first-order chi connectivity index (χ1) is 4.72. The van der Waals surface area contributed by atoms with Gasteiger partial charge in [-0.3, -0.25) is 4.79 Å². The second-order valence-corrected chi connectivity index (χ2v) is 1.57. The van der Waals surface area contributed by atoms with Crippen LogP contribution in [-0.2, 0) is 9.45 Å². The summed E-state index contributed by atoms with van der Waals surface area (Å²) in [7, 11) is 2.62. The molecule has 0 spiro atoms. The Morgan fingerprint density at radius 1 is 2.00 bits per heavy atom. The van der Waals surface area contributed by atoms with Crippen molar-refractivity contribution in [3.05, 3.63) is 12.7 Å². The monoisotopic (exact) mass is 142 g/mol. The maximum absolute atomic E-state index is 10.2. The summed E-state index contributed by atoms with van der Waals surface area (Å²) in [6.45, 7) is 3.32. The number of aliphatic carboxylic acids is 1. The summed E-state index contributed by atoms with van der Waals surface area (Å²) in [5.74, 6) is -0.983. The van der Waals surface area contributed by atoms with Crippen molar-refractivity contribution in [1.82, 2.24) is 5.23 Å². The standard InChI is InChI=1S/C5H9BNO3/c1-3-4(5(8)9)7-6-10-2/h3-4,7H,1H2,2H3,(H,8,9). The van der Waals surface area contributed by atoms with Gasteiger partial charge in [-0.05, 0) is 0 Å². The SMILES string of the molecule is C=CC(N[B]OC)C(=O)O. The molecule has 0 aromatic rings. The van der Waals surface area contributed by atoms with Crippen LogP contribution in [-0.4, -0.2) is 31.8 Å². The highest BCUT2D eigenvalue weighted by Gasteiger charge is 2.11. The molecular formula is C5H9BNO3. The van der Waals surface area contributed by atoms with Gasteiger partial charge < -0.3 is 15.0 Å².